The average molecular weight is 313 g/mol. The molecule has 0 unspecified atom stereocenters. The van der Waals surface area contributed by atoms with Gasteiger partial charge in [-0.2, -0.15) is 0 Å². The molecule has 0 radical (unpaired) electrons. The molecular weight excluding hydrogens is 300 g/mol. The minimum atomic E-state index is -0.406. The van der Waals surface area contributed by atoms with Gasteiger partial charge in [0.15, 0.2) is 5.16 Å². The van der Waals surface area contributed by atoms with Crippen LogP contribution in [0, 0.1) is 0 Å². The zero-order valence-electron chi connectivity index (χ0n) is 10.7. The van der Waals surface area contributed by atoms with Crippen LogP contribution in [-0.4, -0.2) is 27.8 Å². The molecule has 0 saturated heterocycles. The zero-order valence-corrected chi connectivity index (χ0v) is 12.3. The Labute approximate surface area is 125 Å². The summed E-state index contributed by atoms with van der Waals surface area (Å²) in [6.45, 7) is -0.0137. The van der Waals surface area contributed by atoms with Crippen LogP contribution in [0.2, 0.25) is 5.02 Å². The van der Waals surface area contributed by atoms with Crippen molar-refractivity contribution < 1.29 is 9.53 Å². The monoisotopic (exact) mass is 312 g/mol. The highest BCUT2D eigenvalue weighted by molar-refractivity contribution is 7.98. The Bertz CT molecular complexity index is 617. The quantitative estimate of drug-likeness (QED) is 0.671. The number of carbonyl (C=O) groups is 1. The second kappa shape index (κ2) is 6.62. The second-order valence-corrected chi connectivity index (χ2v) is 5.23. The van der Waals surface area contributed by atoms with Gasteiger partial charge in [0.25, 0.3) is 0 Å². The van der Waals surface area contributed by atoms with Crippen molar-refractivity contribution in [2.75, 3.05) is 12.8 Å². The van der Waals surface area contributed by atoms with Crippen LogP contribution in [0.5, 0.6) is 0 Å². The van der Waals surface area contributed by atoms with E-state index < -0.39 is 5.97 Å². The third-order valence-electron chi connectivity index (χ3n) is 2.57. The Morgan fingerprint density at radius 1 is 1.45 bits per heavy atom. The molecule has 0 atom stereocenters. The van der Waals surface area contributed by atoms with Gasteiger partial charge < -0.3 is 10.5 Å². The van der Waals surface area contributed by atoms with E-state index >= 15 is 0 Å². The van der Waals surface area contributed by atoms with E-state index in [4.69, 9.17) is 17.3 Å². The first-order valence-electron chi connectivity index (χ1n) is 5.73. The zero-order chi connectivity index (χ0) is 14.5. The molecule has 0 saturated carbocycles. The predicted octanol–water partition coefficient (Wildman–Crippen LogP) is 1.98. The fraction of sp³-hybridized carbons (Fsp3) is 0.250. The molecule has 0 amide bonds. The standard InChI is InChI=1S/C12H13ClN4O2S/c1-19-10(18)6-17-11(14)15-16-12(17)20-7-8-4-2-3-5-9(8)13/h2-5H,6-7H2,1H3,(H2,14,15). The maximum absolute atomic E-state index is 11.3. The number of halogens is 1. The Hall–Kier alpha value is -1.73. The summed E-state index contributed by atoms with van der Waals surface area (Å²) in [6, 6.07) is 7.54. The maximum atomic E-state index is 11.3. The van der Waals surface area contributed by atoms with Gasteiger partial charge in [-0.1, -0.05) is 41.6 Å². The summed E-state index contributed by atoms with van der Waals surface area (Å²) in [5.74, 6) is 0.382. The maximum Gasteiger partial charge on any atom is 0.325 e. The number of benzene rings is 1. The normalized spacial score (nSPS) is 10.5. The Balaban J connectivity index is 2.10. The molecular formula is C12H13ClN4O2S. The average Bonchev–Trinajstić information content (AvgIpc) is 2.79. The molecule has 0 aliphatic carbocycles. The number of esters is 1. The van der Waals surface area contributed by atoms with Crippen molar-refractivity contribution in [3.63, 3.8) is 0 Å². The summed E-state index contributed by atoms with van der Waals surface area (Å²) in [6.07, 6.45) is 0. The Morgan fingerprint density at radius 2 is 2.20 bits per heavy atom. The van der Waals surface area contributed by atoms with Gasteiger partial charge in [0.1, 0.15) is 6.54 Å². The van der Waals surface area contributed by atoms with Crippen molar-refractivity contribution in [1.29, 1.82) is 0 Å². The highest BCUT2D eigenvalue weighted by atomic mass is 35.5. The van der Waals surface area contributed by atoms with Crippen molar-refractivity contribution >= 4 is 35.3 Å². The highest BCUT2D eigenvalue weighted by Crippen LogP contribution is 2.26. The molecule has 106 valence electrons. The first-order chi connectivity index (χ1) is 9.61. The number of ether oxygens (including phenoxy) is 1. The molecule has 0 aliphatic heterocycles. The molecule has 2 N–H and O–H groups in total. The van der Waals surface area contributed by atoms with Crippen LogP contribution in [0.3, 0.4) is 0 Å². The van der Waals surface area contributed by atoms with E-state index in [2.05, 4.69) is 14.9 Å². The summed E-state index contributed by atoms with van der Waals surface area (Å²) >= 11 is 7.49. The van der Waals surface area contributed by atoms with Crippen LogP contribution in [0.1, 0.15) is 5.56 Å². The van der Waals surface area contributed by atoms with Crippen molar-refractivity contribution in [3.05, 3.63) is 34.9 Å². The molecule has 0 bridgehead atoms. The Kier molecular flexibility index (Phi) is 4.86. The van der Waals surface area contributed by atoms with E-state index in [1.165, 1.54) is 23.4 Å². The van der Waals surface area contributed by atoms with Crippen molar-refractivity contribution in [1.82, 2.24) is 14.8 Å². The first kappa shape index (κ1) is 14.7. The van der Waals surface area contributed by atoms with Crippen LogP contribution < -0.4 is 5.73 Å². The number of rotatable bonds is 5. The lowest BCUT2D eigenvalue weighted by molar-refractivity contribution is -0.141. The van der Waals surface area contributed by atoms with E-state index in [1.54, 1.807) is 0 Å². The number of nitrogen functional groups attached to an aromatic ring is 1. The van der Waals surface area contributed by atoms with Crippen LogP contribution in [-0.2, 0) is 21.8 Å². The molecule has 20 heavy (non-hydrogen) atoms. The summed E-state index contributed by atoms with van der Waals surface area (Å²) < 4.78 is 6.12. The van der Waals surface area contributed by atoms with Crippen LogP contribution in [0.4, 0.5) is 5.95 Å². The largest absolute Gasteiger partial charge is 0.468 e. The topological polar surface area (TPSA) is 83.0 Å². The number of thioether (sulfide) groups is 1. The third-order valence-corrected chi connectivity index (χ3v) is 3.96. The fourth-order valence-electron chi connectivity index (χ4n) is 1.51. The second-order valence-electron chi connectivity index (χ2n) is 3.88. The molecule has 8 heteroatoms. The molecule has 0 aliphatic rings. The molecule has 1 aromatic carbocycles. The highest BCUT2D eigenvalue weighted by Gasteiger charge is 2.14. The number of aromatic nitrogens is 3. The number of hydrogen-bond acceptors (Lipinski definition) is 6. The van der Waals surface area contributed by atoms with E-state index in [0.717, 1.165) is 5.56 Å². The summed E-state index contributed by atoms with van der Waals surface area (Å²) in [5, 5.41) is 8.95. The van der Waals surface area contributed by atoms with Crippen molar-refractivity contribution in [3.8, 4) is 0 Å². The van der Waals surface area contributed by atoms with Crippen molar-refractivity contribution in [2.45, 2.75) is 17.5 Å². The minimum absolute atomic E-state index is 0.0137. The third kappa shape index (κ3) is 3.43. The lowest BCUT2D eigenvalue weighted by Gasteiger charge is -2.07. The van der Waals surface area contributed by atoms with Gasteiger partial charge in [-0.05, 0) is 11.6 Å². The van der Waals surface area contributed by atoms with Crippen LogP contribution in [0.15, 0.2) is 29.4 Å². The molecule has 6 nitrogen and oxygen atoms in total. The van der Waals surface area contributed by atoms with Gasteiger partial charge in [0.05, 0.1) is 7.11 Å². The molecule has 0 spiro atoms. The molecule has 2 aromatic rings. The minimum Gasteiger partial charge on any atom is -0.468 e. The van der Waals surface area contributed by atoms with Gasteiger partial charge in [0.2, 0.25) is 5.95 Å². The molecule has 2 rings (SSSR count). The summed E-state index contributed by atoms with van der Waals surface area (Å²) in [5.41, 5.74) is 6.66. The number of methoxy groups -OCH3 is 1. The van der Waals surface area contributed by atoms with E-state index in [1.807, 2.05) is 24.3 Å². The lowest BCUT2D eigenvalue weighted by atomic mass is 10.2. The van der Waals surface area contributed by atoms with Gasteiger partial charge >= 0.3 is 5.97 Å². The number of nitrogens with zero attached hydrogens (tertiary/aromatic N) is 3. The molecule has 1 heterocycles. The molecule has 1 aromatic heterocycles. The van der Waals surface area contributed by atoms with Gasteiger partial charge in [0, 0.05) is 10.8 Å². The van der Waals surface area contributed by atoms with Gasteiger partial charge in [-0.15, -0.1) is 10.2 Å². The summed E-state index contributed by atoms with van der Waals surface area (Å²) in [7, 11) is 1.32. The van der Waals surface area contributed by atoms with Crippen LogP contribution in [0.25, 0.3) is 0 Å². The smallest absolute Gasteiger partial charge is 0.325 e. The first-order valence-corrected chi connectivity index (χ1v) is 7.10. The Morgan fingerprint density at radius 3 is 2.90 bits per heavy atom. The van der Waals surface area contributed by atoms with E-state index in [9.17, 15) is 4.79 Å². The number of carbonyl (C=O) groups excluding carboxylic acids is 1. The predicted molar refractivity (Wildman–Crippen MR) is 77.5 cm³/mol. The number of hydrogen-bond donors (Lipinski definition) is 1. The lowest BCUT2D eigenvalue weighted by Crippen LogP contribution is -2.14. The van der Waals surface area contributed by atoms with Crippen LogP contribution >= 0.6 is 23.4 Å². The number of anilines is 1. The van der Waals surface area contributed by atoms with Gasteiger partial charge in [-0.3, -0.25) is 9.36 Å². The van der Waals surface area contributed by atoms with E-state index in [0.29, 0.717) is 15.9 Å². The molecule has 0 fully saturated rings. The van der Waals surface area contributed by atoms with Crippen molar-refractivity contribution in [2.24, 2.45) is 0 Å². The SMILES string of the molecule is COC(=O)Cn1c(N)nnc1SCc1ccccc1Cl. The fourth-order valence-corrected chi connectivity index (χ4v) is 2.74. The number of nitrogens with two attached hydrogens (primary N) is 1. The van der Waals surface area contributed by atoms with Gasteiger partial charge in [-0.25, -0.2) is 0 Å². The van der Waals surface area contributed by atoms with E-state index in [-0.39, 0.29) is 12.5 Å². The summed E-state index contributed by atoms with van der Waals surface area (Å²) in [4.78, 5) is 11.3.